The molecular weight excluding hydrogens is 292 g/mol. The van der Waals surface area contributed by atoms with E-state index in [9.17, 15) is 4.79 Å². The summed E-state index contributed by atoms with van der Waals surface area (Å²) in [6.07, 6.45) is 1.51. The minimum absolute atomic E-state index is 0. The Balaban J connectivity index is 0.00000220. The first-order chi connectivity index (χ1) is 9.49. The largest absolute Gasteiger partial charge is 0.327 e. The van der Waals surface area contributed by atoms with Gasteiger partial charge in [0, 0.05) is 11.7 Å². The Kier molecular flexibility index (Phi) is 5.80. The maximum absolute atomic E-state index is 12.0. The minimum Gasteiger partial charge on any atom is -0.327 e. The van der Waals surface area contributed by atoms with Crippen molar-refractivity contribution in [2.45, 2.75) is 26.8 Å². The Hall–Kier alpha value is -1.99. The van der Waals surface area contributed by atoms with Gasteiger partial charge in [-0.05, 0) is 42.0 Å². The van der Waals surface area contributed by atoms with Crippen LogP contribution in [-0.4, -0.2) is 32.2 Å². The average molecular weight is 311 g/mol. The summed E-state index contributed by atoms with van der Waals surface area (Å²) in [5, 5.41) is 13.9. The number of benzene rings is 1. The van der Waals surface area contributed by atoms with Crippen molar-refractivity contribution in [1.82, 2.24) is 20.2 Å². The van der Waals surface area contributed by atoms with Gasteiger partial charge < -0.3 is 11.1 Å². The number of nitrogens with two attached hydrogens (primary N) is 1. The predicted octanol–water partition coefficient (Wildman–Crippen LogP) is 1.31. The van der Waals surface area contributed by atoms with Gasteiger partial charge >= 0.3 is 0 Å². The second kappa shape index (κ2) is 7.14. The number of aryl methyl sites for hydroxylation is 1. The molecule has 0 saturated heterocycles. The van der Waals surface area contributed by atoms with E-state index in [1.807, 2.05) is 32.0 Å². The van der Waals surface area contributed by atoms with Crippen LogP contribution in [0.1, 0.15) is 19.4 Å². The van der Waals surface area contributed by atoms with E-state index in [4.69, 9.17) is 5.73 Å². The fraction of sp³-hybridized carbons (Fsp3) is 0.385. The van der Waals surface area contributed by atoms with Gasteiger partial charge in [-0.25, -0.2) is 4.68 Å². The first-order valence-electron chi connectivity index (χ1n) is 6.39. The summed E-state index contributed by atoms with van der Waals surface area (Å²) >= 11 is 0. The monoisotopic (exact) mass is 310 g/mol. The van der Waals surface area contributed by atoms with E-state index in [-0.39, 0.29) is 30.3 Å². The lowest BCUT2D eigenvalue weighted by molar-refractivity contribution is -0.119. The number of carbonyl (C=O) groups excluding carboxylic acids is 1. The Morgan fingerprint density at radius 2 is 2.10 bits per heavy atom. The van der Waals surface area contributed by atoms with E-state index in [1.54, 1.807) is 11.6 Å². The van der Waals surface area contributed by atoms with Crippen LogP contribution in [-0.2, 0) is 4.79 Å². The summed E-state index contributed by atoms with van der Waals surface area (Å²) in [6, 6.07) is 5.38. The summed E-state index contributed by atoms with van der Waals surface area (Å²) in [5.41, 5.74) is 8.25. The molecule has 0 aliphatic carbocycles. The second-order valence-electron chi connectivity index (χ2n) is 4.89. The molecule has 1 amide bonds. The molecule has 2 unspecified atom stereocenters. The Morgan fingerprint density at radius 3 is 2.67 bits per heavy atom. The molecule has 1 aromatic carbocycles. The third kappa shape index (κ3) is 3.99. The van der Waals surface area contributed by atoms with Gasteiger partial charge in [0.15, 0.2) is 0 Å². The summed E-state index contributed by atoms with van der Waals surface area (Å²) in [5.74, 6) is -0.362. The highest BCUT2D eigenvalue weighted by molar-refractivity contribution is 5.93. The highest BCUT2D eigenvalue weighted by atomic mass is 35.5. The molecule has 0 fully saturated rings. The van der Waals surface area contributed by atoms with Gasteiger partial charge in [-0.1, -0.05) is 13.0 Å². The van der Waals surface area contributed by atoms with Gasteiger partial charge in [-0.3, -0.25) is 4.79 Å². The zero-order chi connectivity index (χ0) is 14.7. The lowest BCUT2D eigenvalue weighted by Gasteiger charge is -2.16. The molecule has 2 atom stereocenters. The van der Waals surface area contributed by atoms with Crippen molar-refractivity contribution in [3.05, 3.63) is 30.1 Å². The van der Waals surface area contributed by atoms with Crippen LogP contribution in [0.2, 0.25) is 0 Å². The Morgan fingerprint density at radius 1 is 1.38 bits per heavy atom. The van der Waals surface area contributed by atoms with Crippen LogP contribution >= 0.6 is 12.4 Å². The van der Waals surface area contributed by atoms with Gasteiger partial charge in [0.25, 0.3) is 0 Å². The molecule has 8 heteroatoms. The van der Waals surface area contributed by atoms with E-state index in [1.165, 1.54) is 6.33 Å². The second-order valence-corrected chi connectivity index (χ2v) is 4.89. The molecule has 0 spiro atoms. The fourth-order valence-electron chi connectivity index (χ4n) is 1.70. The fourth-order valence-corrected chi connectivity index (χ4v) is 1.70. The standard InChI is InChI=1S/C13H18N6O.ClH/c1-8-4-5-11(16-13(20)9(2)10(3)14)6-12(8)19-7-15-17-18-19;/h4-7,9-10H,14H2,1-3H3,(H,16,20);1H. The number of hydrogen-bond donors (Lipinski definition) is 2. The maximum atomic E-state index is 12.0. The van der Waals surface area contributed by atoms with Crippen molar-refractivity contribution in [2.24, 2.45) is 11.7 Å². The Labute approximate surface area is 129 Å². The van der Waals surface area contributed by atoms with Crippen LogP contribution in [0.25, 0.3) is 5.69 Å². The zero-order valence-corrected chi connectivity index (χ0v) is 13.0. The number of rotatable bonds is 4. The summed E-state index contributed by atoms with van der Waals surface area (Å²) < 4.78 is 1.56. The van der Waals surface area contributed by atoms with Gasteiger partial charge in [0.2, 0.25) is 5.91 Å². The number of nitrogens with zero attached hydrogens (tertiary/aromatic N) is 4. The number of halogens is 1. The molecule has 2 rings (SSSR count). The minimum atomic E-state index is -0.257. The highest BCUT2D eigenvalue weighted by Gasteiger charge is 2.17. The molecule has 0 aliphatic heterocycles. The molecule has 0 aliphatic rings. The zero-order valence-electron chi connectivity index (χ0n) is 12.1. The number of hydrogen-bond acceptors (Lipinski definition) is 5. The summed E-state index contributed by atoms with van der Waals surface area (Å²) in [4.78, 5) is 12.0. The topological polar surface area (TPSA) is 98.7 Å². The van der Waals surface area contributed by atoms with E-state index in [0.717, 1.165) is 11.3 Å². The molecule has 114 valence electrons. The number of tetrazole rings is 1. The quantitative estimate of drug-likeness (QED) is 0.887. The van der Waals surface area contributed by atoms with Crippen LogP contribution in [0.3, 0.4) is 0 Å². The van der Waals surface area contributed by atoms with Crippen LogP contribution in [0.4, 0.5) is 5.69 Å². The first kappa shape index (κ1) is 17.1. The molecule has 0 saturated carbocycles. The van der Waals surface area contributed by atoms with Gasteiger partial charge in [-0.2, -0.15) is 0 Å². The molecule has 1 heterocycles. The molecule has 0 radical (unpaired) electrons. The molecule has 0 bridgehead atoms. The summed E-state index contributed by atoms with van der Waals surface area (Å²) in [6.45, 7) is 5.57. The van der Waals surface area contributed by atoms with Crippen molar-refractivity contribution in [3.63, 3.8) is 0 Å². The molecule has 2 aromatic rings. The summed E-state index contributed by atoms with van der Waals surface area (Å²) in [7, 11) is 0. The predicted molar refractivity (Wildman–Crippen MR) is 82.6 cm³/mol. The number of anilines is 1. The lowest BCUT2D eigenvalue weighted by Crippen LogP contribution is -2.34. The number of carbonyl (C=O) groups is 1. The normalized spacial score (nSPS) is 13.1. The van der Waals surface area contributed by atoms with Crippen LogP contribution in [0, 0.1) is 12.8 Å². The smallest absolute Gasteiger partial charge is 0.228 e. The van der Waals surface area contributed by atoms with E-state index in [2.05, 4.69) is 20.8 Å². The molecular formula is C13H19ClN6O. The SMILES string of the molecule is Cc1ccc(NC(=O)C(C)C(C)N)cc1-n1cnnn1.Cl. The third-order valence-corrected chi connectivity index (χ3v) is 3.27. The van der Waals surface area contributed by atoms with Crippen LogP contribution < -0.4 is 11.1 Å². The first-order valence-corrected chi connectivity index (χ1v) is 6.39. The molecule has 21 heavy (non-hydrogen) atoms. The van der Waals surface area contributed by atoms with Crippen molar-refractivity contribution in [3.8, 4) is 5.69 Å². The third-order valence-electron chi connectivity index (χ3n) is 3.27. The van der Waals surface area contributed by atoms with Crippen LogP contribution in [0.5, 0.6) is 0 Å². The molecule has 1 aromatic heterocycles. The van der Waals surface area contributed by atoms with Gasteiger partial charge in [0.1, 0.15) is 6.33 Å². The van der Waals surface area contributed by atoms with E-state index < -0.39 is 0 Å². The van der Waals surface area contributed by atoms with E-state index in [0.29, 0.717) is 5.69 Å². The van der Waals surface area contributed by atoms with Gasteiger partial charge in [-0.15, -0.1) is 17.5 Å². The van der Waals surface area contributed by atoms with Crippen molar-refractivity contribution >= 4 is 24.0 Å². The van der Waals surface area contributed by atoms with Gasteiger partial charge in [0.05, 0.1) is 11.6 Å². The van der Waals surface area contributed by atoms with Crippen molar-refractivity contribution < 1.29 is 4.79 Å². The number of nitrogens with one attached hydrogen (secondary N) is 1. The number of aromatic nitrogens is 4. The number of amides is 1. The van der Waals surface area contributed by atoms with Crippen molar-refractivity contribution in [1.29, 1.82) is 0 Å². The lowest BCUT2D eigenvalue weighted by atomic mass is 10.0. The molecule has 3 N–H and O–H groups in total. The molecule has 7 nitrogen and oxygen atoms in total. The van der Waals surface area contributed by atoms with E-state index >= 15 is 0 Å². The Bertz CT molecular complexity index is 599. The van der Waals surface area contributed by atoms with Crippen LogP contribution in [0.15, 0.2) is 24.5 Å². The average Bonchev–Trinajstić information content (AvgIpc) is 2.93. The highest BCUT2D eigenvalue weighted by Crippen LogP contribution is 2.19. The van der Waals surface area contributed by atoms with Crippen molar-refractivity contribution in [2.75, 3.05) is 5.32 Å². The maximum Gasteiger partial charge on any atom is 0.228 e.